The first-order chi connectivity index (χ1) is 18.3. The highest BCUT2D eigenvalue weighted by Gasteiger charge is 2.39. The molecule has 0 spiro atoms. The van der Waals surface area contributed by atoms with Crippen molar-refractivity contribution in [3.8, 4) is 17.2 Å². The van der Waals surface area contributed by atoms with Gasteiger partial charge in [-0.15, -0.1) is 11.8 Å². The number of carbonyl (C=O) groups excluding carboxylic acids is 1. The maximum atomic E-state index is 13.2. The van der Waals surface area contributed by atoms with Gasteiger partial charge < -0.3 is 24.5 Å². The van der Waals surface area contributed by atoms with Crippen molar-refractivity contribution in [1.82, 2.24) is 9.80 Å². The Kier molecular flexibility index (Phi) is 8.79. The summed E-state index contributed by atoms with van der Waals surface area (Å²) in [5.74, 6) is 2.04. The highest BCUT2D eigenvalue weighted by atomic mass is 32.2. The minimum absolute atomic E-state index is 0.0602. The number of phenolic OH excluding ortho intramolecular Hbond substituents is 1. The summed E-state index contributed by atoms with van der Waals surface area (Å²) in [5, 5.41) is 11.0. The van der Waals surface area contributed by atoms with E-state index in [4.69, 9.17) is 14.5 Å². The Bertz CT molecular complexity index is 1150. The van der Waals surface area contributed by atoms with Crippen molar-refractivity contribution in [2.45, 2.75) is 82.9 Å². The van der Waals surface area contributed by atoms with Gasteiger partial charge in [-0.1, -0.05) is 41.5 Å². The summed E-state index contributed by atoms with van der Waals surface area (Å²) in [6, 6.07) is 9.99. The molecular formula is C31H44N2O5S. The van der Waals surface area contributed by atoms with Crippen LogP contribution in [0.1, 0.15) is 82.5 Å². The van der Waals surface area contributed by atoms with Gasteiger partial charge in [0.25, 0.3) is 0 Å². The lowest BCUT2D eigenvalue weighted by Gasteiger charge is -2.31. The second-order valence-electron chi connectivity index (χ2n) is 12.7. The van der Waals surface area contributed by atoms with Crippen LogP contribution in [-0.4, -0.2) is 59.4 Å². The van der Waals surface area contributed by atoms with Crippen molar-refractivity contribution < 1.29 is 24.4 Å². The molecule has 7 nitrogen and oxygen atoms in total. The van der Waals surface area contributed by atoms with Crippen LogP contribution in [0.15, 0.2) is 30.3 Å². The van der Waals surface area contributed by atoms with Gasteiger partial charge in [0.2, 0.25) is 5.91 Å². The molecule has 1 amide bonds. The number of likely N-dealkylation sites (N-methyl/N-ethyl adjacent to an activating group) is 1. The van der Waals surface area contributed by atoms with Gasteiger partial charge in [0, 0.05) is 24.7 Å². The normalized spacial score (nSPS) is 19.5. The van der Waals surface area contributed by atoms with Crippen molar-refractivity contribution in [3.63, 3.8) is 0 Å². The molecule has 8 heteroatoms. The largest absolute Gasteiger partial charge is 0.507 e. The van der Waals surface area contributed by atoms with Gasteiger partial charge in [-0.3, -0.25) is 4.79 Å². The van der Waals surface area contributed by atoms with Gasteiger partial charge >= 0.3 is 0 Å². The fourth-order valence-corrected chi connectivity index (χ4v) is 6.31. The molecule has 2 aromatic rings. The third kappa shape index (κ3) is 6.84. The molecule has 0 saturated carbocycles. The molecule has 2 heterocycles. The number of thioether (sulfide) groups is 1. The predicted molar refractivity (Wildman–Crippen MR) is 156 cm³/mol. The van der Waals surface area contributed by atoms with E-state index in [1.54, 1.807) is 11.8 Å². The molecule has 1 saturated heterocycles. The molecule has 0 aliphatic carbocycles. The van der Waals surface area contributed by atoms with E-state index in [1.165, 1.54) is 0 Å². The maximum absolute atomic E-state index is 13.2. The van der Waals surface area contributed by atoms with Crippen LogP contribution in [0.5, 0.6) is 17.2 Å². The Labute approximate surface area is 237 Å². The second kappa shape index (κ2) is 11.6. The van der Waals surface area contributed by atoms with Crippen molar-refractivity contribution >= 4 is 17.7 Å². The Morgan fingerprint density at radius 1 is 1.08 bits per heavy atom. The molecule has 4 rings (SSSR count). The predicted octanol–water partition coefficient (Wildman–Crippen LogP) is 6.17. The zero-order valence-corrected chi connectivity index (χ0v) is 25.5. The van der Waals surface area contributed by atoms with Gasteiger partial charge in [-0.25, -0.2) is 0 Å². The Hall–Kier alpha value is -2.42. The van der Waals surface area contributed by atoms with Gasteiger partial charge in [-0.2, -0.15) is 4.89 Å². The van der Waals surface area contributed by atoms with Gasteiger partial charge in [0.15, 0.2) is 5.75 Å². The molecule has 0 radical (unpaired) electrons. The monoisotopic (exact) mass is 556 g/mol. The lowest BCUT2D eigenvalue weighted by Crippen LogP contribution is -2.34. The van der Waals surface area contributed by atoms with Crippen LogP contribution in [0.4, 0.5) is 0 Å². The van der Waals surface area contributed by atoms with Crippen LogP contribution in [0.3, 0.4) is 0 Å². The molecule has 39 heavy (non-hydrogen) atoms. The molecule has 2 aliphatic heterocycles. The van der Waals surface area contributed by atoms with E-state index in [0.29, 0.717) is 25.5 Å². The summed E-state index contributed by atoms with van der Waals surface area (Å²) in [6.45, 7) is 18.1. The zero-order valence-electron chi connectivity index (χ0n) is 24.7. The van der Waals surface area contributed by atoms with Crippen LogP contribution in [0.2, 0.25) is 0 Å². The minimum Gasteiger partial charge on any atom is -0.507 e. The number of phenols is 1. The van der Waals surface area contributed by atoms with Crippen LogP contribution in [-0.2, 0) is 27.1 Å². The number of aromatic hydroxyl groups is 1. The van der Waals surface area contributed by atoms with Crippen LogP contribution < -0.4 is 9.62 Å². The molecule has 1 N–H and O–H groups in total. The summed E-state index contributed by atoms with van der Waals surface area (Å²) >= 11 is 1.70. The third-order valence-corrected chi connectivity index (χ3v) is 8.76. The van der Waals surface area contributed by atoms with Crippen molar-refractivity contribution in [3.05, 3.63) is 52.6 Å². The number of hydrogen-bond donors (Lipinski definition) is 1. The van der Waals surface area contributed by atoms with E-state index in [1.807, 2.05) is 30.0 Å². The molecule has 2 aliphatic rings. The molecule has 1 fully saturated rings. The van der Waals surface area contributed by atoms with Crippen molar-refractivity contribution in [2.24, 2.45) is 0 Å². The summed E-state index contributed by atoms with van der Waals surface area (Å²) in [4.78, 5) is 27.6. The van der Waals surface area contributed by atoms with Crippen LogP contribution >= 0.6 is 11.8 Å². The number of benzene rings is 2. The standard InChI is InChI=1S/C31H44N2O5S/c1-20-28(35)33(13-9-12-32(8)14-15-36-23-11-10-21-19-37-38-26(21)18-23)29(39-20)22-16-24(30(2,3)4)27(34)25(17-22)31(5,6)7/h10-11,16-18,20,29,34H,9,12-15,19H2,1-8H3. The fraction of sp³-hybridized carbons (Fsp3) is 0.581. The second-order valence-corrected chi connectivity index (χ2v) is 14.2. The Morgan fingerprint density at radius 3 is 2.38 bits per heavy atom. The first kappa shape index (κ1) is 29.6. The quantitative estimate of drug-likeness (QED) is 0.370. The lowest BCUT2D eigenvalue weighted by molar-refractivity contribution is -0.194. The van der Waals surface area contributed by atoms with Crippen molar-refractivity contribution in [1.29, 1.82) is 0 Å². The highest BCUT2D eigenvalue weighted by Crippen LogP contribution is 2.47. The SMILES string of the molecule is CC1SC(c2cc(C(C)(C)C)c(O)c(C(C)(C)C)c2)N(CCCN(C)CCOc2ccc3c(c2)OOC3)C1=O. The molecule has 214 valence electrons. The third-order valence-electron chi connectivity index (χ3n) is 7.36. The summed E-state index contributed by atoms with van der Waals surface area (Å²) in [5.41, 5.74) is 3.55. The maximum Gasteiger partial charge on any atom is 0.236 e. The molecule has 2 atom stereocenters. The van der Waals surface area contributed by atoms with Gasteiger partial charge in [0.1, 0.15) is 30.1 Å². The van der Waals surface area contributed by atoms with Gasteiger partial charge in [0.05, 0.1) is 5.25 Å². The highest BCUT2D eigenvalue weighted by molar-refractivity contribution is 8.01. The molecular weight excluding hydrogens is 512 g/mol. The topological polar surface area (TPSA) is 71.5 Å². The number of rotatable bonds is 9. The average Bonchev–Trinajstić information content (AvgIpc) is 3.42. The van der Waals surface area contributed by atoms with E-state index < -0.39 is 0 Å². The average molecular weight is 557 g/mol. The van der Waals surface area contributed by atoms with E-state index in [-0.39, 0.29) is 27.4 Å². The number of hydrogen-bond acceptors (Lipinski definition) is 7. The van der Waals surface area contributed by atoms with Crippen LogP contribution in [0, 0.1) is 0 Å². The number of fused-ring (bicyclic) bond motifs is 1. The number of nitrogens with zero attached hydrogens (tertiary/aromatic N) is 2. The minimum atomic E-state index is -0.213. The number of carbonyl (C=O) groups is 1. The summed E-state index contributed by atoms with van der Waals surface area (Å²) < 4.78 is 5.91. The Balaban J connectivity index is 1.38. The number of ether oxygens (including phenoxy) is 1. The van der Waals surface area contributed by atoms with Crippen molar-refractivity contribution in [2.75, 3.05) is 33.3 Å². The van der Waals surface area contributed by atoms with Crippen LogP contribution in [0.25, 0.3) is 0 Å². The molecule has 2 aromatic carbocycles. The van der Waals surface area contributed by atoms with E-state index >= 15 is 0 Å². The lowest BCUT2D eigenvalue weighted by atomic mass is 9.78. The van der Waals surface area contributed by atoms with E-state index in [2.05, 4.69) is 65.6 Å². The number of amides is 1. The summed E-state index contributed by atoms with van der Waals surface area (Å²) in [7, 11) is 2.08. The van der Waals surface area contributed by atoms with E-state index in [0.717, 1.165) is 53.3 Å². The smallest absolute Gasteiger partial charge is 0.236 e. The Morgan fingerprint density at radius 2 is 1.74 bits per heavy atom. The fourth-order valence-electron chi connectivity index (χ4n) is 5.02. The first-order valence-corrected chi connectivity index (χ1v) is 14.8. The first-order valence-electron chi connectivity index (χ1n) is 13.8. The summed E-state index contributed by atoms with van der Waals surface area (Å²) in [6.07, 6.45) is 0.867. The zero-order chi connectivity index (χ0) is 28.5. The molecule has 0 bridgehead atoms. The van der Waals surface area contributed by atoms with E-state index in [9.17, 15) is 9.90 Å². The molecule has 0 aromatic heterocycles. The molecule has 2 unspecified atom stereocenters. The van der Waals surface area contributed by atoms with Gasteiger partial charge in [-0.05, 0) is 78.7 Å².